The first-order valence-corrected chi connectivity index (χ1v) is 4.92. The second-order valence-corrected chi connectivity index (χ2v) is 3.84. The predicted molar refractivity (Wildman–Crippen MR) is 52.5 cm³/mol. The Labute approximate surface area is 89.3 Å². The highest BCUT2D eigenvalue weighted by Gasteiger charge is 2.25. The van der Waals surface area contributed by atoms with Gasteiger partial charge in [-0.15, -0.1) is 0 Å². The van der Waals surface area contributed by atoms with Gasteiger partial charge in [-0.05, 0) is 28.1 Å². The van der Waals surface area contributed by atoms with Crippen LogP contribution in [0.1, 0.15) is 11.6 Å². The molecule has 5 heteroatoms. The molecule has 1 aliphatic heterocycles. The molecule has 0 fully saturated rings. The zero-order valence-corrected chi connectivity index (χ0v) is 9.10. The molecule has 1 unspecified atom stereocenters. The van der Waals surface area contributed by atoms with Crippen LogP contribution in [-0.4, -0.2) is 13.7 Å². The Morgan fingerprint density at radius 2 is 2.43 bits per heavy atom. The topological polar surface area (TPSA) is 30.5 Å². The third kappa shape index (κ3) is 1.63. The van der Waals surface area contributed by atoms with Gasteiger partial charge in [-0.25, -0.2) is 4.39 Å². The van der Waals surface area contributed by atoms with Crippen molar-refractivity contribution in [3.8, 4) is 5.75 Å². The lowest BCUT2D eigenvalue weighted by molar-refractivity contribution is 0.0535. The van der Waals surface area contributed by atoms with Crippen LogP contribution >= 0.6 is 15.9 Å². The standard InChI is InChI=1S/C9H9BrFNO2/c1-13-12-8-4-14-9-3-6(10)7(11)2-5(8)9/h2-3,8,12H,4H2,1H3. The zero-order valence-electron chi connectivity index (χ0n) is 7.51. The van der Waals surface area contributed by atoms with Crippen LogP contribution in [0.25, 0.3) is 0 Å². The summed E-state index contributed by atoms with van der Waals surface area (Å²) in [5.41, 5.74) is 3.53. The Balaban J connectivity index is 2.35. The lowest BCUT2D eigenvalue weighted by Gasteiger charge is -2.08. The van der Waals surface area contributed by atoms with Crippen molar-refractivity contribution >= 4 is 15.9 Å². The molecule has 1 aliphatic rings. The van der Waals surface area contributed by atoms with Crippen LogP contribution in [0, 0.1) is 5.82 Å². The van der Waals surface area contributed by atoms with Gasteiger partial charge in [0.2, 0.25) is 0 Å². The number of ether oxygens (including phenoxy) is 1. The number of benzene rings is 1. The van der Waals surface area contributed by atoms with E-state index in [0.717, 1.165) is 5.56 Å². The number of rotatable bonds is 2. The van der Waals surface area contributed by atoms with E-state index in [1.165, 1.54) is 13.2 Å². The van der Waals surface area contributed by atoms with Gasteiger partial charge in [0.25, 0.3) is 0 Å². The SMILES string of the molecule is CONC1COc2cc(Br)c(F)cc21. The van der Waals surface area contributed by atoms with Crippen molar-refractivity contribution in [1.82, 2.24) is 5.48 Å². The molecule has 1 aromatic rings. The molecule has 14 heavy (non-hydrogen) atoms. The molecule has 0 saturated carbocycles. The summed E-state index contributed by atoms with van der Waals surface area (Å²) in [6.07, 6.45) is 0. The number of nitrogens with one attached hydrogen (secondary N) is 1. The predicted octanol–water partition coefficient (Wildman–Crippen LogP) is 2.17. The Morgan fingerprint density at radius 3 is 3.14 bits per heavy atom. The molecular formula is C9H9BrFNO2. The molecule has 2 rings (SSSR count). The van der Waals surface area contributed by atoms with Crippen molar-refractivity contribution in [1.29, 1.82) is 0 Å². The van der Waals surface area contributed by atoms with Crippen molar-refractivity contribution in [3.63, 3.8) is 0 Å². The van der Waals surface area contributed by atoms with E-state index in [0.29, 0.717) is 16.8 Å². The maximum absolute atomic E-state index is 13.2. The molecule has 3 nitrogen and oxygen atoms in total. The van der Waals surface area contributed by atoms with Crippen molar-refractivity contribution < 1.29 is 14.0 Å². The normalized spacial score (nSPS) is 19.2. The average molecular weight is 262 g/mol. The molecule has 0 amide bonds. The van der Waals surface area contributed by atoms with Gasteiger partial charge in [-0.3, -0.25) is 0 Å². The molecule has 0 radical (unpaired) electrons. The highest BCUT2D eigenvalue weighted by molar-refractivity contribution is 9.10. The maximum Gasteiger partial charge on any atom is 0.137 e. The minimum Gasteiger partial charge on any atom is -0.491 e. The zero-order chi connectivity index (χ0) is 10.1. The summed E-state index contributed by atoms with van der Waals surface area (Å²) >= 11 is 3.10. The highest BCUT2D eigenvalue weighted by Crippen LogP contribution is 2.35. The van der Waals surface area contributed by atoms with Crippen molar-refractivity contribution in [2.24, 2.45) is 0 Å². The number of fused-ring (bicyclic) bond motifs is 1. The van der Waals surface area contributed by atoms with E-state index in [1.807, 2.05) is 0 Å². The second-order valence-electron chi connectivity index (χ2n) is 2.99. The molecule has 0 aromatic heterocycles. The molecule has 0 bridgehead atoms. The third-order valence-corrected chi connectivity index (χ3v) is 2.70. The van der Waals surface area contributed by atoms with E-state index in [1.54, 1.807) is 6.07 Å². The minimum absolute atomic E-state index is 0.0994. The summed E-state index contributed by atoms with van der Waals surface area (Å²) in [5.74, 6) is 0.393. The summed E-state index contributed by atoms with van der Waals surface area (Å²) in [4.78, 5) is 4.79. The summed E-state index contributed by atoms with van der Waals surface area (Å²) in [5, 5.41) is 0. The lowest BCUT2D eigenvalue weighted by Crippen LogP contribution is -2.20. The van der Waals surface area contributed by atoms with Crippen LogP contribution in [0.2, 0.25) is 0 Å². The molecule has 0 saturated heterocycles. The molecule has 1 N–H and O–H groups in total. The molecule has 1 heterocycles. The first kappa shape index (κ1) is 9.89. The molecule has 0 aliphatic carbocycles. The number of hydrogen-bond acceptors (Lipinski definition) is 3. The Kier molecular flexibility index (Phi) is 2.71. The first-order chi connectivity index (χ1) is 6.72. The molecule has 1 atom stereocenters. The largest absolute Gasteiger partial charge is 0.491 e. The summed E-state index contributed by atoms with van der Waals surface area (Å²) in [6.45, 7) is 0.457. The second kappa shape index (κ2) is 3.84. The minimum atomic E-state index is -0.294. The highest BCUT2D eigenvalue weighted by atomic mass is 79.9. The van der Waals surface area contributed by atoms with Crippen molar-refractivity contribution in [2.75, 3.05) is 13.7 Å². The quantitative estimate of drug-likeness (QED) is 0.828. The molecule has 76 valence electrons. The number of hydrogen-bond donors (Lipinski definition) is 1. The smallest absolute Gasteiger partial charge is 0.137 e. The summed E-state index contributed by atoms with van der Waals surface area (Å²) in [6, 6.07) is 2.98. The van der Waals surface area contributed by atoms with E-state index >= 15 is 0 Å². The van der Waals surface area contributed by atoms with Gasteiger partial charge in [0.15, 0.2) is 0 Å². The summed E-state index contributed by atoms with van der Waals surface area (Å²) < 4.78 is 19.0. The summed E-state index contributed by atoms with van der Waals surface area (Å²) in [7, 11) is 1.52. The Bertz CT molecular complexity index is 359. The third-order valence-electron chi connectivity index (χ3n) is 2.09. The van der Waals surface area contributed by atoms with Gasteiger partial charge < -0.3 is 9.57 Å². The average Bonchev–Trinajstić information content (AvgIpc) is 2.51. The van der Waals surface area contributed by atoms with E-state index in [-0.39, 0.29) is 11.9 Å². The monoisotopic (exact) mass is 261 g/mol. The van der Waals surface area contributed by atoms with E-state index < -0.39 is 0 Å². The first-order valence-electron chi connectivity index (χ1n) is 4.12. The van der Waals surface area contributed by atoms with Crippen LogP contribution in [0.15, 0.2) is 16.6 Å². The van der Waals surface area contributed by atoms with Gasteiger partial charge in [0.1, 0.15) is 18.2 Å². The lowest BCUT2D eigenvalue weighted by atomic mass is 10.1. The number of halogens is 2. The van der Waals surface area contributed by atoms with Gasteiger partial charge >= 0.3 is 0 Å². The fourth-order valence-corrected chi connectivity index (χ4v) is 1.77. The van der Waals surface area contributed by atoms with Gasteiger partial charge in [-0.2, -0.15) is 5.48 Å². The maximum atomic E-state index is 13.2. The van der Waals surface area contributed by atoms with Crippen molar-refractivity contribution in [3.05, 3.63) is 28.0 Å². The van der Waals surface area contributed by atoms with Gasteiger partial charge in [-0.1, -0.05) is 0 Å². The number of hydroxylamine groups is 1. The fraction of sp³-hybridized carbons (Fsp3) is 0.333. The Morgan fingerprint density at radius 1 is 1.64 bits per heavy atom. The van der Waals surface area contributed by atoms with Crippen molar-refractivity contribution in [2.45, 2.75) is 6.04 Å². The molecule has 0 spiro atoms. The fourth-order valence-electron chi connectivity index (χ4n) is 1.44. The van der Waals surface area contributed by atoms with Crippen LogP contribution in [0.3, 0.4) is 0 Å². The van der Waals surface area contributed by atoms with Crippen LogP contribution in [0.4, 0.5) is 4.39 Å². The van der Waals surface area contributed by atoms with Gasteiger partial charge in [0.05, 0.1) is 17.6 Å². The Hall–Kier alpha value is -0.650. The molecule has 1 aromatic carbocycles. The van der Waals surface area contributed by atoms with Crippen LogP contribution < -0.4 is 10.2 Å². The van der Waals surface area contributed by atoms with E-state index in [4.69, 9.17) is 9.57 Å². The van der Waals surface area contributed by atoms with Gasteiger partial charge in [0, 0.05) is 5.56 Å². The van der Waals surface area contributed by atoms with Crippen LogP contribution in [0.5, 0.6) is 5.75 Å². The van der Waals surface area contributed by atoms with E-state index in [2.05, 4.69) is 21.4 Å². The molecular weight excluding hydrogens is 253 g/mol. The van der Waals surface area contributed by atoms with E-state index in [9.17, 15) is 4.39 Å². The van der Waals surface area contributed by atoms with Crippen LogP contribution in [-0.2, 0) is 4.84 Å².